The van der Waals surface area contributed by atoms with E-state index in [-0.39, 0.29) is 39.0 Å². The van der Waals surface area contributed by atoms with Crippen LogP contribution in [0.5, 0.6) is 0 Å². The van der Waals surface area contributed by atoms with E-state index >= 15 is 0 Å². The Hall–Kier alpha value is -5.06. The third-order valence-corrected chi connectivity index (χ3v) is 16.9. The fourth-order valence-corrected chi connectivity index (χ4v) is 11.8. The topological polar surface area (TPSA) is 368 Å². The Kier molecular flexibility index (Phi) is 47.9. The van der Waals surface area contributed by atoms with Crippen molar-refractivity contribution >= 4 is 67.5 Å². The van der Waals surface area contributed by atoms with E-state index in [1.54, 1.807) is 55.4 Å². The molecule has 4 aromatic carbocycles. The summed E-state index contributed by atoms with van der Waals surface area (Å²) < 4.78 is 103. The van der Waals surface area contributed by atoms with Gasteiger partial charge in [-0.15, -0.1) is 0 Å². The van der Waals surface area contributed by atoms with Crippen molar-refractivity contribution in [1.82, 2.24) is 20.3 Å². The lowest BCUT2D eigenvalue weighted by atomic mass is 10.1. The second-order valence-electron chi connectivity index (χ2n) is 20.2. The third-order valence-electron chi connectivity index (χ3n) is 11.0. The summed E-state index contributed by atoms with van der Waals surface area (Å²) >= 11 is 0. The number of nitrogens with two attached hydrogens (primary N) is 1. The van der Waals surface area contributed by atoms with Gasteiger partial charge in [-0.05, 0) is 91.0 Å². The van der Waals surface area contributed by atoms with Gasteiger partial charge in [0, 0.05) is 33.3 Å². The molecule has 0 saturated heterocycles. The van der Waals surface area contributed by atoms with Gasteiger partial charge in [0.05, 0.1) is 59.5 Å². The van der Waals surface area contributed by atoms with E-state index in [0.29, 0.717) is 26.4 Å². The summed E-state index contributed by atoms with van der Waals surface area (Å²) in [6, 6.07) is 34.7. The van der Waals surface area contributed by atoms with Gasteiger partial charge in [-0.2, -0.15) is 0 Å². The van der Waals surface area contributed by atoms with Crippen LogP contribution in [0.15, 0.2) is 121 Å². The number of unbranched alkanes of at least 4 members (excludes halogenated alkanes) is 1. The van der Waals surface area contributed by atoms with E-state index in [1.165, 1.54) is 33.6 Å². The summed E-state index contributed by atoms with van der Waals surface area (Å²) in [5.41, 5.74) is 9.30. The number of carbonyl (C=O) groups is 5. The number of hydrogen-bond donors (Lipinski definition) is 7. The number of nitrogens with one attached hydrogen (secondary N) is 4. The SMILES string of the molecule is CCCCC(N)C(=O)OCC.CCOC(=O)C(C)NP(C)(=O)NC(C)C(=O)OCC.CCOC(=O)C(C)NP(C)(=O)O.CCOC(=O)C(C)NP(C)(=O)OCc1ccccc1.CP(=O)(O)OCc1ccccc1.CP(=O)(OCc1ccccc1)OCc1ccccc1. The van der Waals surface area contributed by atoms with Crippen LogP contribution in [0.3, 0.4) is 0 Å². The molecule has 4 aromatic rings. The standard InChI is InChI=1S/C15H17O3P.C13H20NO4P.C11H23N2O5P.C8H17NO2.C8H11O3P.C6H14NO4P/c1-19(16,17-12-14-8-4-2-5-9-14)18-13-15-10-6-3-7-11-15;1-4-17-13(15)11(2)14-19(3,16)18-10-12-8-6-5-7-9-12;1-6-17-10(14)8(3)12-19(5,16)13-9(4)11(15)18-7-2;1-3-5-6-7(9)8(10)11-4-2;1-12(9,10)11-7-8-5-3-2-4-6-8;1-4-11-6(8)5(2)7-12(3,9)10/h2-11H,12-13H2,1H3;5-9,11H,4,10H2,1-3H3,(H,14,16);8-9H,6-7H2,1-5H3,(H2,12,13,16);7H,3-6,9H2,1-2H3;2-6H,7H2,1H3,(H,9,10);5H,4H2,1-3H3,(H2,7,9,10). The van der Waals surface area contributed by atoms with E-state index < -0.39 is 91.8 Å². The predicted octanol–water partition coefficient (Wildman–Crippen LogP) is 11.1. The summed E-state index contributed by atoms with van der Waals surface area (Å²) in [5.74, 6) is -2.22. The van der Waals surface area contributed by atoms with Crippen LogP contribution in [-0.4, -0.2) is 136 Å². The number of rotatable bonds is 33. The molecule has 8 unspecified atom stereocenters. The molecule has 0 aromatic heterocycles. The zero-order chi connectivity index (χ0) is 70.4. The maximum absolute atomic E-state index is 12.2. The molecule has 0 bridgehead atoms. The molecule has 0 radical (unpaired) electrons. The molecule has 26 nitrogen and oxygen atoms in total. The number of ether oxygens (including phenoxy) is 5. The van der Waals surface area contributed by atoms with E-state index in [4.69, 9.17) is 52.6 Å². The molecule has 0 fully saturated rings. The minimum absolute atomic E-state index is 0.186. The van der Waals surface area contributed by atoms with Crippen molar-refractivity contribution in [2.24, 2.45) is 5.73 Å². The number of hydrogen-bond acceptors (Lipinski definition) is 20. The van der Waals surface area contributed by atoms with Gasteiger partial charge >= 0.3 is 45.0 Å². The van der Waals surface area contributed by atoms with Gasteiger partial charge < -0.3 is 57.3 Å². The first kappa shape index (κ1) is 89.0. The van der Waals surface area contributed by atoms with Crippen molar-refractivity contribution in [1.29, 1.82) is 0 Å². The fraction of sp³-hybridized carbons (Fsp3) is 0.525. The second kappa shape index (κ2) is 49.5. The molecule has 0 heterocycles. The molecule has 0 spiro atoms. The normalized spacial score (nSPS) is 15.0. The molecule has 522 valence electrons. The molecule has 8 atom stereocenters. The van der Waals surface area contributed by atoms with Crippen LogP contribution in [0.1, 0.15) is 111 Å². The zero-order valence-electron chi connectivity index (χ0n) is 55.9. The summed E-state index contributed by atoms with van der Waals surface area (Å²) in [6.07, 6.45) is 2.78. The number of benzene rings is 4. The highest BCUT2D eigenvalue weighted by atomic mass is 31.2. The first-order valence-corrected chi connectivity index (χ1v) is 40.1. The van der Waals surface area contributed by atoms with Crippen LogP contribution in [0.25, 0.3) is 0 Å². The van der Waals surface area contributed by atoms with Crippen molar-refractivity contribution in [2.45, 2.75) is 145 Å². The van der Waals surface area contributed by atoms with Gasteiger partial charge in [0.25, 0.3) is 15.0 Å². The lowest BCUT2D eigenvalue weighted by Crippen LogP contribution is -2.41. The predicted molar refractivity (Wildman–Crippen MR) is 358 cm³/mol. The van der Waals surface area contributed by atoms with Crippen molar-refractivity contribution in [3.63, 3.8) is 0 Å². The zero-order valence-corrected chi connectivity index (χ0v) is 60.4. The Morgan fingerprint density at radius 3 is 0.967 bits per heavy atom. The quantitative estimate of drug-likeness (QED) is 0.0132. The highest BCUT2D eigenvalue weighted by molar-refractivity contribution is 7.59. The summed E-state index contributed by atoms with van der Waals surface area (Å²) in [5, 5.41) is 10.2. The highest BCUT2D eigenvalue weighted by Gasteiger charge is 2.28. The average molecular weight is 1400 g/mol. The first-order chi connectivity index (χ1) is 43.0. The van der Waals surface area contributed by atoms with Crippen LogP contribution in [0.4, 0.5) is 0 Å². The summed E-state index contributed by atoms with van der Waals surface area (Å²) in [7, 11) is -15.8. The average Bonchev–Trinajstić information content (AvgIpc) is 1.62. The minimum atomic E-state index is -3.35. The van der Waals surface area contributed by atoms with Crippen molar-refractivity contribution < 1.29 is 98.4 Å². The second-order valence-corrected chi connectivity index (χ2v) is 30.7. The molecule has 0 saturated carbocycles. The Bertz CT molecular complexity index is 2840. The van der Waals surface area contributed by atoms with Crippen LogP contribution in [0, 0.1) is 0 Å². The van der Waals surface area contributed by atoms with Crippen LogP contribution in [-0.2, 0) is 115 Å². The van der Waals surface area contributed by atoms with Gasteiger partial charge in [-0.25, -0.2) is 20.3 Å². The maximum Gasteiger partial charge on any atom is 0.328 e. The van der Waals surface area contributed by atoms with Gasteiger partial charge in [0.15, 0.2) is 0 Å². The van der Waals surface area contributed by atoms with Gasteiger partial charge in [0.2, 0.25) is 7.44 Å². The molecular formula is C61H102N5O21P5. The number of carbonyl (C=O) groups excluding carboxylic acids is 5. The molecule has 31 heteroatoms. The Balaban J connectivity index is 0. The highest BCUT2D eigenvalue weighted by Crippen LogP contribution is 2.45. The lowest BCUT2D eigenvalue weighted by molar-refractivity contribution is -0.145. The molecule has 0 aliphatic carbocycles. The van der Waals surface area contributed by atoms with Crippen LogP contribution in [0.2, 0.25) is 0 Å². The Labute approximate surface area is 544 Å². The molecule has 92 heavy (non-hydrogen) atoms. The van der Waals surface area contributed by atoms with Crippen molar-refractivity contribution in [3.05, 3.63) is 144 Å². The number of esters is 5. The summed E-state index contributed by atoms with van der Waals surface area (Å²) in [4.78, 5) is 73.7. The lowest BCUT2D eigenvalue weighted by Gasteiger charge is -2.23. The molecule has 8 N–H and O–H groups in total. The van der Waals surface area contributed by atoms with Crippen LogP contribution < -0.4 is 26.1 Å². The molecule has 0 aliphatic heterocycles. The monoisotopic (exact) mass is 1400 g/mol. The molecule has 4 rings (SSSR count). The molecular weight excluding hydrogens is 1290 g/mol. The fourth-order valence-electron chi connectivity index (χ4n) is 6.71. The van der Waals surface area contributed by atoms with E-state index in [0.717, 1.165) is 48.2 Å². The minimum Gasteiger partial charge on any atom is -0.465 e. The third kappa shape index (κ3) is 49.5. The maximum atomic E-state index is 12.2. The first-order valence-electron chi connectivity index (χ1n) is 29.8. The molecule has 0 aliphatic rings. The largest absolute Gasteiger partial charge is 0.465 e. The van der Waals surface area contributed by atoms with E-state index in [9.17, 15) is 46.8 Å². The van der Waals surface area contributed by atoms with Gasteiger partial charge in [0.1, 0.15) is 30.2 Å². The Morgan fingerprint density at radius 1 is 0.413 bits per heavy atom. The van der Waals surface area contributed by atoms with E-state index in [2.05, 4.69) is 32.0 Å². The van der Waals surface area contributed by atoms with Crippen molar-refractivity contribution in [2.75, 3.05) is 66.4 Å². The van der Waals surface area contributed by atoms with Crippen molar-refractivity contribution in [3.8, 4) is 0 Å². The Morgan fingerprint density at radius 2 is 0.685 bits per heavy atom. The van der Waals surface area contributed by atoms with Crippen LogP contribution >= 0.6 is 37.7 Å². The smallest absolute Gasteiger partial charge is 0.328 e. The van der Waals surface area contributed by atoms with Gasteiger partial charge in [-0.1, -0.05) is 141 Å². The van der Waals surface area contributed by atoms with E-state index in [1.807, 2.05) is 121 Å². The van der Waals surface area contributed by atoms with Gasteiger partial charge in [-0.3, -0.25) is 46.8 Å². The molecule has 0 amide bonds. The summed E-state index contributed by atoms with van der Waals surface area (Å²) in [6.45, 7) is 26.0.